The first-order chi connectivity index (χ1) is 38.9. The van der Waals surface area contributed by atoms with Crippen LogP contribution in [0.4, 0.5) is 3.70 Å². The molecule has 0 bridgehead atoms. The van der Waals surface area contributed by atoms with E-state index in [1.807, 2.05) is 30.3 Å². The minimum absolute atomic E-state index is 0.0504. The number of rotatable bonds is 4. The second-order valence-electron chi connectivity index (χ2n) is 19.1. The van der Waals surface area contributed by atoms with Gasteiger partial charge in [-0.1, -0.05) is 48.5 Å². The number of nitrogens with zero attached hydrogens (tertiary/aromatic N) is 1. The number of carbonyl (C=O) groups excluding carboxylic acids is 7. The van der Waals surface area contributed by atoms with Gasteiger partial charge in [-0.05, 0) is 34.0 Å². The van der Waals surface area contributed by atoms with Gasteiger partial charge in [0.05, 0.1) is 6.42 Å². The van der Waals surface area contributed by atoms with Gasteiger partial charge in [0.1, 0.15) is 0 Å². The van der Waals surface area contributed by atoms with Crippen molar-refractivity contribution in [3.8, 4) is 0 Å². The van der Waals surface area contributed by atoms with Gasteiger partial charge in [0.15, 0.2) is 11.6 Å². The smallest absolute Gasteiger partial charge is 0.0212 e. The molecular weight excluding hydrogens is 1390 g/mol. The molecule has 80 heavy (non-hydrogen) atoms. The van der Waals surface area contributed by atoms with E-state index in [9.17, 15) is 33.6 Å². The van der Waals surface area contributed by atoms with Crippen LogP contribution in [0.5, 0.6) is 0 Å². The number of Topliss-reactive ketones (excluding diaryl/α,β-unsaturated/α-hetero) is 6. The average Bonchev–Trinajstić information content (AvgIpc) is 4.56. The molecule has 10 aromatic rings. The van der Waals surface area contributed by atoms with Crippen LogP contribution in [-0.4, -0.2) is 102 Å². The van der Waals surface area contributed by atoms with Crippen LogP contribution in [0.3, 0.4) is 0 Å². The maximum atomic E-state index is 12.7. The summed E-state index contributed by atoms with van der Waals surface area (Å²) in [5.41, 5.74) is 9.53. The molecule has 14 heteroatoms. The summed E-state index contributed by atoms with van der Waals surface area (Å²) >= 11 is 9.87. The largest absolute Gasteiger partial charge is 0.309 e. The van der Waals surface area contributed by atoms with Crippen molar-refractivity contribution in [2.24, 2.45) is 0 Å². The van der Waals surface area contributed by atoms with Crippen molar-refractivity contribution in [3.05, 3.63) is 266 Å². The third-order valence-corrected chi connectivity index (χ3v) is 23.0. The fourth-order valence-electron chi connectivity index (χ4n) is 10.0. The molecular formula is C66H44Cl2N2O7Te3. The zero-order valence-corrected chi connectivity index (χ0v) is 50.9. The third-order valence-electron chi connectivity index (χ3n) is 14.0. The molecule has 0 radical (unpaired) electrons. The number of carbonyl (C=O) groups is 7. The maximum Gasteiger partial charge on any atom is 0.0212 e. The number of fused-ring (bicyclic) bond motifs is 7. The topological polar surface area (TPSA) is 135 Å². The fourth-order valence-corrected chi connectivity index (χ4v) is 17.5. The van der Waals surface area contributed by atoms with E-state index in [1.54, 1.807) is 78.9 Å². The first kappa shape index (κ1) is 55.3. The molecule has 15 rings (SSSR count). The van der Waals surface area contributed by atoms with Gasteiger partial charge in [-0.2, -0.15) is 0 Å². The molecule has 0 atom stereocenters. The SMILES string of the molecule is O=C1C(=Cc2ccc(Cl)[te]2)C(=O)c2ccccc21.O=C1C(=Cc2ccc(N3Cc4cc5ccccc5cc4C3)[te]2)C(=O)c2ccccc21.O=C1CC(=O)c2ccccc21.O=Cc1ccc(Cl)[te]1.c1ccc2cc3c(cc2c1)CNC3. The van der Waals surface area contributed by atoms with E-state index >= 15 is 0 Å². The molecule has 0 fully saturated rings. The maximum absolute atomic E-state index is 12.7. The van der Waals surface area contributed by atoms with Crippen LogP contribution in [0, 0.1) is 0 Å². The van der Waals surface area contributed by atoms with Crippen LogP contribution in [0.15, 0.2) is 193 Å². The fraction of sp³-hybridized carbons (Fsp3) is 0.0758. The van der Waals surface area contributed by atoms with Gasteiger partial charge in [-0.15, -0.1) is 0 Å². The molecule has 5 aliphatic rings. The van der Waals surface area contributed by atoms with Crippen LogP contribution < -0.4 is 10.2 Å². The number of allylic oxidation sites excluding steroid dienone is 2. The normalized spacial score (nSPS) is 14.2. The van der Waals surface area contributed by atoms with Gasteiger partial charge in [0.2, 0.25) is 0 Å². The molecule has 1 N–H and O–H groups in total. The Kier molecular flexibility index (Phi) is 17.0. The second-order valence-corrected chi connectivity index (χ2v) is 30.8. The Morgan fingerprint density at radius 2 is 0.750 bits per heavy atom. The molecule has 392 valence electrons. The summed E-state index contributed by atoms with van der Waals surface area (Å²) in [6, 6.07) is 58.8. The second kappa shape index (κ2) is 24.6. The van der Waals surface area contributed by atoms with Crippen molar-refractivity contribution in [1.29, 1.82) is 0 Å². The van der Waals surface area contributed by atoms with Crippen molar-refractivity contribution in [2.45, 2.75) is 32.6 Å². The Morgan fingerprint density at radius 3 is 1.12 bits per heavy atom. The van der Waals surface area contributed by atoms with Gasteiger partial charge < -0.3 is 5.32 Å². The van der Waals surface area contributed by atoms with Crippen LogP contribution in [-0.2, 0) is 26.2 Å². The number of ketones is 6. The molecule has 2 aliphatic heterocycles. The zero-order valence-electron chi connectivity index (χ0n) is 42.4. The van der Waals surface area contributed by atoms with Crippen molar-refractivity contribution >= 4 is 163 Å². The first-order valence-corrected chi connectivity index (χ1v) is 33.1. The Labute approximate surface area is 500 Å². The standard InChI is InChI=1S/C26H17NO2Te.C14H7ClO2Te.C12H11N.C9H6O2.C5H3ClOTe/c28-25-21-7-3-4-8-22(21)26(29)23(25)13-20-9-10-24(30-20)27-14-18-11-16-5-1-2-6-17(16)12-19(18)15-27;15-12-6-5-8(18-12)7-11-13(16)9-3-1-2-4-10(9)14(11)17;1-2-4-10-6-12-8-13-7-11(12)5-9(10)3-1;10-8-5-9(11)7-4-2-1-3-6(7)8;6-5-2-1-4(3-7)8-5/h1-13H,14-15H2;1-7H;1-6,13H,7-8H2;1-4H,5H2;1-3H. The first-order valence-electron chi connectivity index (χ1n) is 25.4. The van der Waals surface area contributed by atoms with Crippen molar-refractivity contribution in [2.75, 3.05) is 4.90 Å². The molecule has 0 unspecified atom stereocenters. The molecule has 0 saturated carbocycles. The van der Waals surface area contributed by atoms with Gasteiger partial charge in [0, 0.05) is 24.2 Å². The average molecular weight is 1430 g/mol. The summed E-state index contributed by atoms with van der Waals surface area (Å²) < 4.78 is 6.14. The van der Waals surface area contributed by atoms with E-state index in [1.165, 1.54) is 47.5 Å². The number of anilines is 1. The number of hydrogen-bond donors (Lipinski definition) is 1. The molecule has 3 aromatic heterocycles. The summed E-state index contributed by atoms with van der Waals surface area (Å²) in [7, 11) is 0. The van der Waals surface area contributed by atoms with Gasteiger partial charge in [0.25, 0.3) is 0 Å². The quantitative estimate of drug-likeness (QED) is 0.0601. The van der Waals surface area contributed by atoms with Crippen molar-refractivity contribution in [3.63, 3.8) is 0 Å². The molecule has 7 aromatic carbocycles. The van der Waals surface area contributed by atoms with Crippen LogP contribution in [0.2, 0.25) is 6.08 Å². The van der Waals surface area contributed by atoms with Gasteiger partial charge in [-0.3, -0.25) is 9.59 Å². The summed E-state index contributed by atoms with van der Waals surface area (Å²) in [5, 5.41) is 8.64. The third kappa shape index (κ3) is 12.0. The monoisotopic (exact) mass is 1440 g/mol. The molecule has 0 amide bonds. The Balaban J connectivity index is 0.000000115. The van der Waals surface area contributed by atoms with Gasteiger partial charge >= 0.3 is 365 Å². The number of benzene rings is 7. The number of nitrogens with one attached hydrogen (secondary N) is 1. The van der Waals surface area contributed by atoms with E-state index in [0.717, 1.165) is 49.3 Å². The zero-order chi connectivity index (χ0) is 55.4. The van der Waals surface area contributed by atoms with E-state index in [-0.39, 0.29) is 46.7 Å². The number of halogens is 2. The minimum atomic E-state index is -0.622. The number of hydrogen-bond acceptors (Lipinski definition) is 9. The number of aldehydes is 1. The predicted molar refractivity (Wildman–Crippen MR) is 320 cm³/mol. The summed E-state index contributed by atoms with van der Waals surface area (Å²) in [6.07, 6.45) is 4.49. The summed E-state index contributed by atoms with van der Waals surface area (Å²) in [5.74, 6) is -0.731. The Morgan fingerprint density at radius 1 is 0.400 bits per heavy atom. The molecule has 0 saturated heterocycles. The molecule has 5 heterocycles. The van der Waals surface area contributed by atoms with Crippen LogP contribution in [0.1, 0.15) is 106 Å². The predicted octanol–water partition coefficient (Wildman–Crippen LogP) is 12.8. The summed E-state index contributed by atoms with van der Waals surface area (Å²) in [6.45, 7) is 3.91. The molecule has 3 aliphatic carbocycles. The van der Waals surface area contributed by atoms with Crippen molar-refractivity contribution in [1.82, 2.24) is 5.32 Å². The van der Waals surface area contributed by atoms with Gasteiger partial charge in [-0.25, -0.2) is 0 Å². The minimum Gasteiger partial charge on any atom is -0.309 e. The van der Waals surface area contributed by atoms with Crippen LogP contribution >= 0.6 is 23.2 Å². The summed E-state index contributed by atoms with van der Waals surface area (Å²) in [4.78, 5) is 84.2. The molecule has 9 nitrogen and oxygen atoms in total. The Hall–Kier alpha value is -6.62. The Bertz CT molecular complexity index is 4050. The van der Waals surface area contributed by atoms with Crippen molar-refractivity contribution < 1.29 is 33.6 Å². The van der Waals surface area contributed by atoms with E-state index in [2.05, 4.69) is 95.1 Å². The van der Waals surface area contributed by atoms with Crippen LogP contribution in [0.25, 0.3) is 33.7 Å². The van der Waals surface area contributed by atoms with E-state index in [4.69, 9.17) is 23.2 Å². The van der Waals surface area contributed by atoms with E-state index < -0.39 is 61.3 Å². The van der Waals surface area contributed by atoms with E-state index in [0.29, 0.717) is 39.0 Å². The molecule has 0 spiro atoms.